The fourth-order valence-corrected chi connectivity index (χ4v) is 3.09. The molecule has 0 saturated heterocycles. The molecule has 2 unspecified atom stereocenters. The molecule has 2 aromatic carbocycles. The fraction of sp³-hybridized carbons (Fsp3) is 0.250. The lowest BCUT2D eigenvalue weighted by Gasteiger charge is -2.20. The SMILES string of the molecule is Cc1ccc(F)c(C(C)C(N)c2n[nH]c(=O)o2)c1C.NC(=O)c1ccccc1S. The molecular weight excluding hydrogens is 395 g/mol. The Morgan fingerprint density at radius 3 is 2.41 bits per heavy atom. The zero-order valence-corrected chi connectivity index (χ0v) is 17.2. The van der Waals surface area contributed by atoms with Gasteiger partial charge in [-0.15, -0.1) is 17.7 Å². The second-order valence-corrected chi connectivity index (χ2v) is 7.03. The minimum atomic E-state index is -0.686. The van der Waals surface area contributed by atoms with E-state index in [0.29, 0.717) is 16.0 Å². The van der Waals surface area contributed by atoms with Crippen molar-refractivity contribution < 1.29 is 13.6 Å². The molecule has 9 heteroatoms. The van der Waals surface area contributed by atoms with Crippen molar-refractivity contribution in [1.82, 2.24) is 10.2 Å². The molecule has 1 amide bonds. The second kappa shape index (κ2) is 9.53. The van der Waals surface area contributed by atoms with Crippen LogP contribution in [0.5, 0.6) is 0 Å². The lowest BCUT2D eigenvalue weighted by Crippen LogP contribution is -2.20. The summed E-state index contributed by atoms with van der Waals surface area (Å²) >= 11 is 4.04. The maximum atomic E-state index is 14.0. The number of aromatic amines is 1. The highest BCUT2D eigenvalue weighted by molar-refractivity contribution is 7.80. The van der Waals surface area contributed by atoms with Crippen LogP contribution in [0.1, 0.15) is 51.8 Å². The molecule has 3 aromatic rings. The summed E-state index contributed by atoms with van der Waals surface area (Å²) in [5, 5.41) is 5.84. The summed E-state index contributed by atoms with van der Waals surface area (Å²) in [4.78, 5) is 22.1. The average Bonchev–Trinajstić information content (AvgIpc) is 3.11. The number of primary amides is 1. The zero-order chi connectivity index (χ0) is 21.7. The van der Waals surface area contributed by atoms with E-state index < -0.39 is 17.7 Å². The van der Waals surface area contributed by atoms with Crippen molar-refractivity contribution in [2.75, 3.05) is 0 Å². The molecule has 0 aliphatic heterocycles. The first-order valence-corrected chi connectivity index (χ1v) is 9.22. The monoisotopic (exact) mass is 418 g/mol. The van der Waals surface area contributed by atoms with Crippen molar-refractivity contribution in [2.45, 2.75) is 37.6 Å². The Morgan fingerprint density at radius 2 is 1.90 bits per heavy atom. The number of benzene rings is 2. The number of carbonyl (C=O) groups is 1. The molecule has 2 atom stereocenters. The van der Waals surface area contributed by atoms with E-state index in [-0.39, 0.29) is 17.6 Å². The number of aromatic nitrogens is 2. The molecule has 7 nitrogen and oxygen atoms in total. The molecule has 0 radical (unpaired) electrons. The number of aryl methyl sites for hydroxylation is 1. The van der Waals surface area contributed by atoms with Gasteiger partial charge in [0.25, 0.3) is 0 Å². The van der Waals surface area contributed by atoms with Crippen LogP contribution < -0.4 is 17.2 Å². The zero-order valence-electron chi connectivity index (χ0n) is 16.3. The van der Waals surface area contributed by atoms with E-state index in [4.69, 9.17) is 15.9 Å². The molecule has 29 heavy (non-hydrogen) atoms. The molecule has 3 rings (SSSR count). The van der Waals surface area contributed by atoms with Crippen LogP contribution in [-0.2, 0) is 0 Å². The molecular formula is C20H23FN4O3S. The summed E-state index contributed by atoms with van der Waals surface area (Å²) in [5.74, 6) is -1.70. The predicted molar refractivity (Wildman–Crippen MR) is 111 cm³/mol. The summed E-state index contributed by atoms with van der Waals surface area (Å²) in [6.45, 7) is 5.53. The molecule has 0 saturated carbocycles. The first kappa shape index (κ1) is 22.4. The fourth-order valence-electron chi connectivity index (χ4n) is 2.82. The van der Waals surface area contributed by atoms with Gasteiger partial charge < -0.3 is 15.9 Å². The van der Waals surface area contributed by atoms with E-state index in [1.54, 1.807) is 37.3 Å². The molecule has 0 aliphatic carbocycles. The minimum Gasteiger partial charge on any atom is -0.391 e. The van der Waals surface area contributed by atoms with Crippen LogP contribution in [0.4, 0.5) is 4.39 Å². The maximum Gasteiger partial charge on any atom is 0.434 e. The standard InChI is InChI=1S/C13H16FN3O2.C7H7NOS/c1-6-4-5-9(14)10(7(6)2)8(3)11(15)12-16-17-13(18)19-12;8-7(9)5-3-1-2-4-6(5)10/h4-5,8,11H,15H2,1-3H3,(H,17,18);1-4,10H,(H2,8,9). The number of nitrogens with zero attached hydrogens (tertiary/aromatic N) is 1. The Morgan fingerprint density at radius 1 is 1.24 bits per heavy atom. The van der Waals surface area contributed by atoms with Crippen LogP contribution in [0.3, 0.4) is 0 Å². The number of amides is 1. The van der Waals surface area contributed by atoms with Crippen LogP contribution >= 0.6 is 12.6 Å². The first-order valence-electron chi connectivity index (χ1n) is 8.77. The predicted octanol–water partition coefficient (Wildman–Crippen LogP) is 3.00. The van der Waals surface area contributed by atoms with Gasteiger partial charge in [0.05, 0.1) is 11.6 Å². The van der Waals surface area contributed by atoms with Crippen molar-refractivity contribution in [2.24, 2.45) is 11.5 Å². The van der Waals surface area contributed by atoms with Gasteiger partial charge in [-0.2, -0.15) is 0 Å². The maximum absolute atomic E-state index is 14.0. The normalized spacial score (nSPS) is 12.6. The van der Waals surface area contributed by atoms with E-state index in [9.17, 15) is 14.0 Å². The molecule has 0 fully saturated rings. The Hall–Kier alpha value is -2.91. The van der Waals surface area contributed by atoms with Crippen LogP contribution in [0.25, 0.3) is 0 Å². The van der Waals surface area contributed by atoms with Crippen molar-refractivity contribution in [3.8, 4) is 0 Å². The number of H-pyrrole nitrogens is 1. The van der Waals surface area contributed by atoms with Crippen molar-refractivity contribution >= 4 is 18.5 Å². The van der Waals surface area contributed by atoms with Gasteiger partial charge in [-0.1, -0.05) is 25.1 Å². The summed E-state index contributed by atoms with van der Waals surface area (Å²) in [7, 11) is 0. The Kier molecular flexibility index (Phi) is 7.35. The lowest BCUT2D eigenvalue weighted by molar-refractivity contribution is 0.0997. The number of thiol groups is 1. The molecule has 0 bridgehead atoms. The third kappa shape index (κ3) is 5.33. The largest absolute Gasteiger partial charge is 0.434 e. The van der Waals surface area contributed by atoms with Gasteiger partial charge in [-0.3, -0.25) is 4.79 Å². The van der Waals surface area contributed by atoms with Gasteiger partial charge in [0.2, 0.25) is 11.8 Å². The highest BCUT2D eigenvalue weighted by Gasteiger charge is 2.25. The van der Waals surface area contributed by atoms with Gasteiger partial charge in [-0.25, -0.2) is 14.3 Å². The Bertz CT molecular complexity index is 1060. The molecule has 154 valence electrons. The van der Waals surface area contributed by atoms with Gasteiger partial charge in [0.1, 0.15) is 5.82 Å². The van der Waals surface area contributed by atoms with Crippen LogP contribution in [0, 0.1) is 19.7 Å². The number of nitrogens with two attached hydrogens (primary N) is 2. The Balaban J connectivity index is 0.000000253. The van der Waals surface area contributed by atoms with E-state index in [0.717, 1.165) is 11.1 Å². The lowest BCUT2D eigenvalue weighted by atomic mass is 9.88. The van der Waals surface area contributed by atoms with Gasteiger partial charge in [0, 0.05) is 10.8 Å². The topological polar surface area (TPSA) is 128 Å². The summed E-state index contributed by atoms with van der Waals surface area (Å²) in [6.07, 6.45) is 0. The van der Waals surface area contributed by atoms with E-state index in [1.807, 2.05) is 13.8 Å². The average molecular weight is 418 g/mol. The molecule has 1 heterocycles. The number of hydrogen-bond donors (Lipinski definition) is 4. The van der Waals surface area contributed by atoms with Crippen molar-refractivity contribution in [1.29, 1.82) is 0 Å². The van der Waals surface area contributed by atoms with Crippen LogP contribution in [0.15, 0.2) is 50.5 Å². The highest BCUT2D eigenvalue weighted by Crippen LogP contribution is 2.32. The smallest absolute Gasteiger partial charge is 0.391 e. The molecule has 5 N–H and O–H groups in total. The first-order chi connectivity index (χ1) is 13.6. The number of halogens is 1. The molecule has 1 aromatic heterocycles. The number of hydrogen-bond acceptors (Lipinski definition) is 6. The minimum absolute atomic E-state index is 0.0813. The third-order valence-corrected chi connectivity index (χ3v) is 5.03. The van der Waals surface area contributed by atoms with E-state index >= 15 is 0 Å². The summed E-state index contributed by atoms with van der Waals surface area (Å²) < 4.78 is 18.8. The summed E-state index contributed by atoms with van der Waals surface area (Å²) in [6, 6.07) is 9.37. The van der Waals surface area contributed by atoms with Crippen LogP contribution in [-0.4, -0.2) is 16.1 Å². The van der Waals surface area contributed by atoms with Gasteiger partial charge in [-0.05, 0) is 48.7 Å². The quantitative estimate of drug-likeness (QED) is 0.484. The van der Waals surface area contributed by atoms with Gasteiger partial charge >= 0.3 is 5.76 Å². The van der Waals surface area contributed by atoms with Gasteiger partial charge in [0.15, 0.2) is 0 Å². The third-order valence-electron chi connectivity index (χ3n) is 4.64. The Labute approximate surface area is 172 Å². The van der Waals surface area contributed by atoms with E-state index in [1.165, 1.54) is 6.07 Å². The van der Waals surface area contributed by atoms with E-state index in [2.05, 4.69) is 22.8 Å². The second-order valence-electron chi connectivity index (χ2n) is 6.55. The summed E-state index contributed by atoms with van der Waals surface area (Å²) in [5.41, 5.74) is 13.8. The number of rotatable bonds is 4. The molecule has 0 spiro atoms. The van der Waals surface area contributed by atoms with Crippen molar-refractivity contribution in [3.63, 3.8) is 0 Å². The highest BCUT2D eigenvalue weighted by atomic mass is 32.1. The number of carbonyl (C=O) groups excluding carboxylic acids is 1. The molecule has 0 aliphatic rings. The van der Waals surface area contributed by atoms with Crippen LogP contribution in [0.2, 0.25) is 0 Å². The van der Waals surface area contributed by atoms with Crippen molar-refractivity contribution in [3.05, 3.63) is 80.9 Å². The number of nitrogens with one attached hydrogen (secondary N) is 1.